The smallest absolute Gasteiger partial charge is 0.269 e. The molecule has 0 aliphatic heterocycles. The normalized spacial score (nSPS) is 10.6. The molecular weight excluding hydrogens is 444 g/mol. The number of hydrazine groups is 1. The number of halogens is 1. The quantitative estimate of drug-likeness (QED) is 0.391. The lowest BCUT2D eigenvalue weighted by Crippen LogP contribution is -2.41. The summed E-state index contributed by atoms with van der Waals surface area (Å²) in [6, 6.07) is 14.9. The van der Waals surface area contributed by atoms with Gasteiger partial charge in [-0.3, -0.25) is 20.4 Å². The zero-order valence-electron chi connectivity index (χ0n) is 16.0. The summed E-state index contributed by atoms with van der Waals surface area (Å²) < 4.78 is 1.53. The van der Waals surface area contributed by atoms with Gasteiger partial charge in [0.1, 0.15) is 0 Å². The van der Waals surface area contributed by atoms with Gasteiger partial charge in [0.25, 0.3) is 5.91 Å². The average molecular weight is 463 g/mol. The summed E-state index contributed by atoms with van der Waals surface area (Å²) in [6.07, 6.45) is 0.221. The van der Waals surface area contributed by atoms with E-state index in [-0.39, 0.29) is 18.2 Å². The molecule has 0 atom stereocenters. The van der Waals surface area contributed by atoms with Crippen LogP contribution < -0.4 is 10.9 Å². The van der Waals surface area contributed by atoms with E-state index in [0.717, 1.165) is 16.2 Å². The van der Waals surface area contributed by atoms with E-state index in [9.17, 15) is 9.59 Å². The molecule has 3 aromatic rings. The molecule has 2 N–H and O–H groups in total. The zero-order chi connectivity index (χ0) is 21.3. The second kappa shape index (κ2) is 11.0. The lowest BCUT2D eigenvalue weighted by atomic mass is 10.1. The number of carbonyl (C=O) groups excluding carboxylic acids is 2. The van der Waals surface area contributed by atoms with Crippen LogP contribution in [0, 0.1) is 0 Å². The topological polar surface area (TPSA) is 102 Å². The number of benzene rings is 2. The van der Waals surface area contributed by atoms with Gasteiger partial charge in [-0.2, -0.15) is 0 Å². The Morgan fingerprint density at radius 2 is 1.77 bits per heavy atom. The number of hydrogen-bond acceptors (Lipinski definition) is 7. The Hall–Kier alpha value is -2.56. The third-order valence-electron chi connectivity index (χ3n) is 3.89. The van der Waals surface area contributed by atoms with Gasteiger partial charge in [0.2, 0.25) is 11.1 Å². The van der Waals surface area contributed by atoms with Crippen molar-refractivity contribution in [2.45, 2.75) is 22.2 Å². The molecule has 156 valence electrons. The first-order valence-electron chi connectivity index (χ1n) is 8.93. The molecule has 0 spiro atoms. The van der Waals surface area contributed by atoms with E-state index in [4.69, 9.17) is 11.6 Å². The Morgan fingerprint density at radius 3 is 2.43 bits per heavy atom. The second-order valence-electron chi connectivity index (χ2n) is 6.13. The lowest BCUT2D eigenvalue weighted by Gasteiger charge is -2.08. The highest BCUT2D eigenvalue weighted by atomic mass is 35.5. The van der Waals surface area contributed by atoms with Crippen LogP contribution in [0.4, 0.5) is 0 Å². The van der Waals surface area contributed by atoms with Crippen molar-refractivity contribution in [2.24, 2.45) is 7.05 Å². The summed E-state index contributed by atoms with van der Waals surface area (Å²) in [4.78, 5) is 25.2. The maximum absolute atomic E-state index is 12.2. The van der Waals surface area contributed by atoms with Crippen LogP contribution in [0.15, 0.2) is 58.6 Å². The Morgan fingerprint density at radius 1 is 1.03 bits per heavy atom. The van der Waals surface area contributed by atoms with Crippen LogP contribution in [0.2, 0.25) is 5.02 Å². The van der Waals surface area contributed by atoms with Crippen LogP contribution >= 0.6 is 35.1 Å². The first kappa shape index (κ1) is 22.1. The van der Waals surface area contributed by atoms with Crippen LogP contribution in [0.5, 0.6) is 0 Å². The van der Waals surface area contributed by atoms with Crippen molar-refractivity contribution in [2.75, 3.05) is 5.75 Å². The van der Waals surface area contributed by atoms with Crippen molar-refractivity contribution in [3.05, 3.63) is 64.7 Å². The van der Waals surface area contributed by atoms with Gasteiger partial charge in [0.05, 0.1) is 0 Å². The molecule has 0 fully saturated rings. The first-order valence-corrected chi connectivity index (χ1v) is 11.3. The maximum Gasteiger partial charge on any atom is 0.269 e. The molecule has 1 aromatic heterocycles. The Labute approximate surface area is 187 Å². The van der Waals surface area contributed by atoms with Gasteiger partial charge in [-0.1, -0.05) is 35.5 Å². The fourth-order valence-corrected chi connectivity index (χ4v) is 4.06. The number of nitrogens with zero attached hydrogens (tertiary/aromatic N) is 4. The number of thioether (sulfide) groups is 2. The number of rotatable bonds is 8. The minimum atomic E-state index is -0.370. The largest absolute Gasteiger partial charge is 0.273 e. The summed E-state index contributed by atoms with van der Waals surface area (Å²) >= 11 is 8.94. The number of aromatic nitrogens is 4. The average Bonchev–Trinajstić information content (AvgIpc) is 3.16. The fraction of sp³-hybridized carbons (Fsp3) is 0.211. The second-order valence-corrected chi connectivity index (χ2v) is 8.67. The monoisotopic (exact) mass is 462 g/mol. The third kappa shape index (κ3) is 6.75. The van der Waals surface area contributed by atoms with Gasteiger partial charge in [0, 0.05) is 40.5 Å². The molecular formula is C19H19ClN6O2S2. The van der Waals surface area contributed by atoms with Crippen molar-refractivity contribution >= 4 is 46.9 Å². The van der Waals surface area contributed by atoms with Gasteiger partial charge >= 0.3 is 0 Å². The van der Waals surface area contributed by atoms with Crippen molar-refractivity contribution in [1.82, 2.24) is 31.1 Å². The minimum Gasteiger partial charge on any atom is -0.273 e. The molecule has 2 amide bonds. The Kier molecular flexibility index (Phi) is 8.12. The van der Waals surface area contributed by atoms with E-state index >= 15 is 0 Å². The summed E-state index contributed by atoms with van der Waals surface area (Å²) in [7, 11) is 1.73. The molecule has 30 heavy (non-hydrogen) atoms. The lowest BCUT2D eigenvalue weighted by molar-refractivity contribution is -0.121. The maximum atomic E-state index is 12.2. The summed E-state index contributed by atoms with van der Waals surface area (Å²) in [5.74, 6) is 0.613. The molecule has 0 saturated carbocycles. The molecule has 0 aliphatic carbocycles. The molecule has 0 unspecified atom stereocenters. The number of nitrogens with one attached hydrogen (secondary N) is 2. The van der Waals surface area contributed by atoms with Crippen LogP contribution in [0.3, 0.4) is 0 Å². The number of tetrazole rings is 1. The van der Waals surface area contributed by atoms with Crippen LogP contribution in [0.25, 0.3) is 0 Å². The van der Waals surface area contributed by atoms with E-state index in [1.165, 1.54) is 16.4 Å². The Bertz CT molecular complexity index is 995. The van der Waals surface area contributed by atoms with Crippen LogP contribution in [-0.4, -0.2) is 37.8 Å². The third-order valence-corrected chi connectivity index (χ3v) is 6.24. The highest BCUT2D eigenvalue weighted by molar-refractivity contribution is 7.99. The predicted octanol–water partition coefficient (Wildman–Crippen LogP) is 3.10. The van der Waals surface area contributed by atoms with Crippen LogP contribution in [0.1, 0.15) is 22.3 Å². The molecule has 3 rings (SSSR count). The summed E-state index contributed by atoms with van der Waals surface area (Å²) in [5, 5.41) is 12.4. The standard InChI is InChI=1S/C19H19ClN6O2S2/c1-26-19(23-24-25-26)29-11-10-17(27)21-22-18(28)14-4-2-13(3-5-14)12-30-16-8-6-15(20)7-9-16/h2-9H,10-12H2,1H3,(H,21,27)(H,22,28). The molecule has 11 heteroatoms. The zero-order valence-corrected chi connectivity index (χ0v) is 18.4. The number of amides is 2. The SMILES string of the molecule is Cn1nnnc1SCCC(=O)NNC(=O)c1ccc(CSc2ccc(Cl)cc2)cc1. The number of aryl methyl sites for hydroxylation is 1. The van der Waals surface area contributed by atoms with Crippen molar-refractivity contribution in [1.29, 1.82) is 0 Å². The number of hydrogen-bond donors (Lipinski definition) is 2. The van der Waals surface area contributed by atoms with E-state index in [0.29, 0.717) is 21.5 Å². The molecule has 0 aliphatic rings. The van der Waals surface area contributed by atoms with Crippen molar-refractivity contribution in [3.8, 4) is 0 Å². The highest BCUT2D eigenvalue weighted by Crippen LogP contribution is 2.24. The van der Waals surface area contributed by atoms with Gasteiger partial charge in [-0.15, -0.1) is 16.9 Å². The van der Waals surface area contributed by atoms with Crippen LogP contribution in [-0.2, 0) is 17.6 Å². The van der Waals surface area contributed by atoms with E-state index in [2.05, 4.69) is 26.4 Å². The predicted molar refractivity (Wildman–Crippen MR) is 117 cm³/mol. The fourth-order valence-electron chi connectivity index (χ4n) is 2.29. The van der Waals surface area contributed by atoms with Crippen molar-refractivity contribution in [3.63, 3.8) is 0 Å². The highest BCUT2D eigenvalue weighted by Gasteiger charge is 2.09. The van der Waals surface area contributed by atoms with E-state index in [1.54, 1.807) is 30.9 Å². The Balaban J connectivity index is 1.39. The summed E-state index contributed by atoms with van der Waals surface area (Å²) in [5.41, 5.74) is 6.40. The van der Waals surface area contributed by atoms with E-state index in [1.807, 2.05) is 36.4 Å². The van der Waals surface area contributed by atoms with Gasteiger partial charge in [0.15, 0.2) is 0 Å². The summed E-state index contributed by atoms with van der Waals surface area (Å²) in [6.45, 7) is 0. The van der Waals surface area contributed by atoms with Gasteiger partial charge in [-0.05, 0) is 52.4 Å². The van der Waals surface area contributed by atoms with E-state index < -0.39 is 0 Å². The minimum absolute atomic E-state index is 0.221. The van der Waals surface area contributed by atoms with Gasteiger partial charge in [-0.25, -0.2) is 4.68 Å². The molecule has 1 heterocycles. The number of carbonyl (C=O) groups is 2. The van der Waals surface area contributed by atoms with Gasteiger partial charge < -0.3 is 0 Å². The molecule has 8 nitrogen and oxygen atoms in total. The molecule has 0 saturated heterocycles. The molecule has 0 bridgehead atoms. The van der Waals surface area contributed by atoms with Crippen molar-refractivity contribution < 1.29 is 9.59 Å². The molecule has 0 radical (unpaired) electrons. The molecule has 2 aromatic carbocycles. The first-order chi connectivity index (χ1) is 14.5.